The lowest BCUT2D eigenvalue weighted by atomic mass is 10.2. The van der Waals surface area contributed by atoms with E-state index in [4.69, 9.17) is 43.5 Å². The van der Waals surface area contributed by atoms with Crippen LogP contribution in [0.4, 0.5) is 13.2 Å². The first kappa shape index (κ1) is 27.7. The van der Waals surface area contributed by atoms with Crippen molar-refractivity contribution in [3.05, 3.63) is 52.0 Å². The Morgan fingerprint density at radius 3 is 2.54 bits per heavy atom. The monoisotopic (exact) mass is 597 g/mol. The first-order valence-electron chi connectivity index (χ1n) is 10.2. The molecule has 1 unspecified atom stereocenters. The number of nitrogens with zero attached hydrogens (tertiary/aromatic N) is 4. The first-order chi connectivity index (χ1) is 17.2. The Balaban J connectivity index is 1.54. The number of phosphoric ester groups is 1. The summed E-state index contributed by atoms with van der Waals surface area (Å²) in [5.41, 5.74) is 6.12. The largest absolute Gasteiger partial charge is 0.489 e. The number of halogens is 5. The van der Waals surface area contributed by atoms with Gasteiger partial charge in [0.1, 0.15) is 17.3 Å². The van der Waals surface area contributed by atoms with Gasteiger partial charge in [-0.2, -0.15) is 0 Å². The van der Waals surface area contributed by atoms with Crippen LogP contribution in [0, 0.1) is 5.82 Å². The lowest BCUT2D eigenvalue weighted by Gasteiger charge is -2.15. The molecule has 4 aromatic rings. The van der Waals surface area contributed by atoms with Crippen LogP contribution in [0.2, 0.25) is 10.0 Å². The van der Waals surface area contributed by atoms with Crippen LogP contribution in [0.25, 0.3) is 26.9 Å². The highest BCUT2D eigenvalue weighted by Gasteiger charge is 2.26. The minimum atomic E-state index is -4.70. The van der Waals surface area contributed by atoms with Crippen LogP contribution >= 0.6 is 42.4 Å². The molecular weight excluding hydrogens is 581 g/mol. The summed E-state index contributed by atoms with van der Waals surface area (Å²) >= 11 is 13.5. The molecule has 17 heteroatoms. The maximum Gasteiger partial charge on any atom is 0.469 e. The van der Waals surface area contributed by atoms with E-state index in [-0.39, 0.29) is 44.2 Å². The summed E-state index contributed by atoms with van der Waals surface area (Å²) in [5, 5.41) is 8.75. The normalized spacial score (nSPS) is 13.3. The molecular formula is C20H17Cl2F3N5O5PS. The molecule has 10 nitrogen and oxygen atoms in total. The number of phosphoric acid groups is 1. The molecule has 1 aromatic carbocycles. The number of nitrogens with two attached hydrogens (primary N) is 1. The number of hydrogen-bond acceptors (Lipinski definition) is 8. The average molecular weight is 598 g/mol. The zero-order chi connectivity index (χ0) is 27.1. The topological polar surface area (TPSA) is 145 Å². The first-order valence-corrected chi connectivity index (χ1v) is 13.3. The van der Waals surface area contributed by atoms with Gasteiger partial charge in [0.05, 0.1) is 22.7 Å². The number of pyridine rings is 1. The highest BCUT2D eigenvalue weighted by Crippen LogP contribution is 2.38. The third-order valence-electron chi connectivity index (χ3n) is 4.82. The summed E-state index contributed by atoms with van der Waals surface area (Å²) in [7, 11) is -4.70. The lowest BCUT2D eigenvalue weighted by molar-refractivity contribution is 0.0170. The Morgan fingerprint density at radius 2 is 1.86 bits per heavy atom. The van der Waals surface area contributed by atoms with Crippen LogP contribution < -0.4 is 10.5 Å². The molecule has 198 valence electrons. The number of benzene rings is 1. The van der Waals surface area contributed by atoms with Crippen LogP contribution in [-0.4, -0.2) is 48.6 Å². The molecule has 0 radical (unpaired) electrons. The average Bonchev–Trinajstić information content (AvgIpc) is 3.44. The van der Waals surface area contributed by atoms with Crippen molar-refractivity contribution in [1.82, 2.24) is 19.6 Å². The summed E-state index contributed by atoms with van der Waals surface area (Å²) < 4.78 is 63.8. The van der Waals surface area contributed by atoms with Crippen LogP contribution in [0.1, 0.15) is 12.5 Å². The highest BCUT2D eigenvalue weighted by molar-refractivity contribution is 7.46. The van der Waals surface area contributed by atoms with Crippen molar-refractivity contribution >= 4 is 48.0 Å². The van der Waals surface area contributed by atoms with Gasteiger partial charge < -0.3 is 24.7 Å². The molecule has 0 fully saturated rings. The van der Waals surface area contributed by atoms with E-state index in [1.54, 1.807) is 0 Å². The van der Waals surface area contributed by atoms with Crippen LogP contribution in [-0.2, 0) is 15.0 Å². The quantitative estimate of drug-likeness (QED) is 0.229. The van der Waals surface area contributed by atoms with Crippen molar-refractivity contribution in [3.8, 4) is 27.0 Å². The number of ether oxygens (including phenoxy) is 1. The van der Waals surface area contributed by atoms with Crippen LogP contribution in [0.3, 0.4) is 0 Å². The van der Waals surface area contributed by atoms with E-state index in [0.29, 0.717) is 10.7 Å². The van der Waals surface area contributed by atoms with Gasteiger partial charge in [-0.1, -0.05) is 34.5 Å². The summed E-state index contributed by atoms with van der Waals surface area (Å²) in [4.78, 5) is 21.7. The fraction of sp³-hybridized carbons (Fsp3) is 0.250. The molecule has 0 saturated carbocycles. The molecule has 0 aliphatic heterocycles. The molecule has 0 aliphatic carbocycles. The van der Waals surface area contributed by atoms with Crippen molar-refractivity contribution in [3.63, 3.8) is 0 Å². The van der Waals surface area contributed by atoms with Gasteiger partial charge in [0.25, 0.3) is 5.92 Å². The second kappa shape index (κ2) is 10.5. The fourth-order valence-electron chi connectivity index (χ4n) is 3.08. The summed E-state index contributed by atoms with van der Waals surface area (Å²) in [6.07, 6.45) is 2.69. The van der Waals surface area contributed by atoms with Crippen LogP contribution in [0.5, 0.6) is 5.75 Å². The summed E-state index contributed by atoms with van der Waals surface area (Å²) in [5.74, 6) is -4.15. The predicted molar refractivity (Wildman–Crippen MR) is 131 cm³/mol. The van der Waals surface area contributed by atoms with Gasteiger partial charge in [-0.05, 0) is 12.1 Å². The molecule has 0 aliphatic rings. The minimum absolute atomic E-state index is 0.0312. The van der Waals surface area contributed by atoms with Crippen molar-refractivity contribution in [2.45, 2.75) is 18.9 Å². The molecule has 0 saturated heterocycles. The van der Waals surface area contributed by atoms with Gasteiger partial charge in [0, 0.05) is 36.5 Å². The molecule has 4 rings (SSSR count). The lowest BCUT2D eigenvalue weighted by Crippen LogP contribution is -2.32. The predicted octanol–water partition coefficient (Wildman–Crippen LogP) is 4.89. The number of imidazole rings is 1. The Morgan fingerprint density at radius 1 is 1.16 bits per heavy atom. The van der Waals surface area contributed by atoms with Gasteiger partial charge >= 0.3 is 7.82 Å². The molecule has 37 heavy (non-hydrogen) atoms. The van der Waals surface area contributed by atoms with Crippen molar-refractivity contribution in [2.24, 2.45) is 5.73 Å². The Kier molecular flexibility index (Phi) is 7.84. The second-order valence-corrected chi connectivity index (χ2v) is 10.9. The minimum Gasteiger partial charge on any atom is -0.489 e. The smallest absolute Gasteiger partial charge is 0.469 e. The highest BCUT2D eigenvalue weighted by atomic mass is 35.5. The van der Waals surface area contributed by atoms with Crippen molar-refractivity contribution < 1.29 is 36.8 Å². The number of alkyl halides is 2. The van der Waals surface area contributed by atoms with E-state index in [0.717, 1.165) is 30.4 Å². The van der Waals surface area contributed by atoms with E-state index < -0.39 is 32.2 Å². The van der Waals surface area contributed by atoms with E-state index in [1.165, 1.54) is 22.9 Å². The second-order valence-electron chi connectivity index (χ2n) is 7.85. The van der Waals surface area contributed by atoms with E-state index >= 15 is 0 Å². The third kappa shape index (κ3) is 6.59. The van der Waals surface area contributed by atoms with Gasteiger partial charge in [0.2, 0.25) is 0 Å². The molecule has 3 heterocycles. The number of aromatic nitrogens is 4. The molecule has 0 bridgehead atoms. The van der Waals surface area contributed by atoms with Gasteiger partial charge in [-0.15, -0.1) is 10.2 Å². The standard InChI is InChI=1S/C20H17Cl2F3N5O5PS/c1-20(24,25)9-2-13(22)17-27-15(6-30(17)5-9)19-29-28-18(37-19)11-3-14(23)16(4-12(11)21)34-7-10(26)8-35-36(31,32)33/h2-6,10H,7-8,26H2,1H3,(H2,31,32,33). The van der Waals surface area contributed by atoms with Crippen LogP contribution in [0.15, 0.2) is 30.6 Å². The third-order valence-corrected chi connectivity index (χ3v) is 6.87. The van der Waals surface area contributed by atoms with E-state index in [9.17, 15) is 17.7 Å². The SMILES string of the molecule is CC(F)(F)c1cc(Cl)c2nc(-c3nnc(-c4cc(F)c(OCC(N)COP(=O)(O)O)cc4Cl)s3)cn2c1. The van der Waals surface area contributed by atoms with Gasteiger partial charge in [-0.3, -0.25) is 4.52 Å². The molecule has 4 N–H and O–H groups in total. The molecule has 0 spiro atoms. The molecule has 3 aromatic heterocycles. The summed E-state index contributed by atoms with van der Waals surface area (Å²) in [6, 6.07) is 2.47. The number of rotatable bonds is 9. The van der Waals surface area contributed by atoms with Crippen molar-refractivity contribution in [1.29, 1.82) is 0 Å². The molecule has 0 amide bonds. The van der Waals surface area contributed by atoms with Gasteiger partial charge in [0.15, 0.2) is 22.2 Å². The Hall–Kier alpha value is -2.29. The van der Waals surface area contributed by atoms with Gasteiger partial charge in [-0.25, -0.2) is 22.7 Å². The maximum atomic E-state index is 14.7. The van der Waals surface area contributed by atoms with E-state index in [1.807, 2.05) is 0 Å². The number of hydrogen-bond donors (Lipinski definition) is 3. The zero-order valence-corrected chi connectivity index (χ0v) is 21.8. The van der Waals surface area contributed by atoms with Crippen molar-refractivity contribution in [2.75, 3.05) is 13.2 Å². The number of fused-ring (bicyclic) bond motifs is 1. The Bertz CT molecular complexity index is 1510. The maximum absolute atomic E-state index is 14.7. The molecule has 1 atom stereocenters. The fourth-order valence-corrected chi connectivity index (χ4v) is 4.85. The van der Waals surface area contributed by atoms with E-state index in [2.05, 4.69) is 19.7 Å². The summed E-state index contributed by atoms with van der Waals surface area (Å²) in [6.45, 7) is -0.0623. The Labute approximate surface area is 221 Å². The zero-order valence-electron chi connectivity index (χ0n) is 18.6.